The van der Waals surface area contributed by atoms with E-state index in [1.54, 1.807) is 12.1 Å². The van der Waals surface area contributed by atoms with Gasteiger partial charge in [-0.15, -0.1) is 0 Å². The Bertz CT molecular complexity index is 666. The maximum atomic E-state index is 13.0. The number of alkyl halides is 3. The van der Waals surface area contributed by atoms with Crippen molar-refractivity contribution in [2.75, 3.05) is 31.6 Å². The van der Waals surface area contributed by atoms with Crippen LogP contribution in [0.3, 0.4) is 0 Å². The van der Waals surface area contributed by atoms with Gasteiger partial charge in [-0.25, -0.2) is 8.42 Å². The van der Waals surface area contributed by atoms with E-state index in [1.807, 2.05) is 4.90 Å². The fourth-order valence-corrected chi connectivity index (χ4v) is 3.05. The van der Waals surface area contributed by atoms with E-state index in [1.165, 1.54) is 18.4 Å². The number of halogens is 3. The summed E-state index contributed by atoms with van der Waals surface area (Å²) in [4.78, 5) is 1.93. The molecular weight excluding hydrogens is 315 g/mol. The van der Waals surface area contributed by atoms with Crippen molar-refractivity contribution in [1.82, 2.24) is 4.90 Å². The number of benzene rings is 1. The zero-order valence-electron chi connectivity index (χ0n) is 12.2. The molecule has 0 radical (unpaired) electrons. The smallest absolute Gasteiger partial charge is 0.298 e. The Kier molecular flexibility index (Phi) is 4.97. The van der Waals surface area contributed by atoms with Crippen LogP contribution >= 0.6 is 0 Å². The normalized spacial score (nSPS) is 17.4. The molecule has 122 valence electrons. The minimum atomic E-state index is -4.37. The first kappa shape index (κ1) is 17.0. The number of rotatable bonds is 4. The summed E-state index contributed by atoms with van der Waals surface area (Å²) in [6.07, 6.45) is -0.949. The van der Waals surface area contributed by atoms with Gasteiger partial charge in [-0.3, -0.25) is 4.90 Å². The first-order chi connectivity index (χ1) is 10.2. The Balaban J connectivity index is 2.12. The van der Waals surface area contributed by atoms with Crippen LogP contribution in [0.15, 0.2) is 30.3 Å². The van der Waals surface area contributed by atoms with Gasteiger partial charge in [0.15, 0.2) is 0 Å². The van der Waals surface area contributed by atoms with E-state index in [-0.39, 0.29) is 11.3 Å². The largest absolute Gasteiger partial charge is 0.416 e. The summed E-state index contributed by atoms with van der Waals surface area (Å²) in [6.45, 7) is 1.44. The molecule has 1 aromatic carbocycles. The summed E-state index contributed by atoms with van der Waals surface area (Å²) < 4.78 is 61.4. The zero-order valence-corrected chi connectivity index (χ0v) is 13.0. The van der Waals surface area contributed by atoms with E-state index in [9.17, 15) is 21.6 Å². The predicted octanol–water partition coefficient (Wildman–Crippen LogP) is 2.84. The molecule has 0 fully saturated rings. The first-order valence-corrected chi connectivity index (χ1v) is 8.98. The van der Waals surface area contributed by atoms with E-state index in [4.69, 9.17) is 0 Å². The molecule has 0 bridgehead atoms. The topological polar surface area (TPSA) is 37.4 Å². The molecule has 3 nitrogen and oxygen atoms in total. The summed E-state index contributed by atoms with van der Waals surface area (Å²) in [5.41, 5.74) is 0.270. The highest BCUT2D eigenvalue weighted by Crippen LogP contribution is 2.36. The molecule has 1 heterocycles. The Morgan fingerprint density at radius 1 is 1.23 bits per heavy atom. The maximum absolute atomic E-state index is 13.0. The fourth-order valence-electron chi connectivity index (χ4n) is 2.46. The third kappa shape index (κ3) is 4.58. The van der Waals surface area contributed by atoms with Crippen molar-refractivity contribution in [1.29, 1.82) is 0 Å². The molecule has 0 unspecified atom stereocenters. The maximum Gasteiger partial charge on any atom is 0.416 e. The molecule has 0 aliphatic carbocycles. The average Bonchev–Trinajstić information content (AvgIpc) is 2.44. The number of hydrogen-bond donors (Lipinski definition) is 0. The molecular formula is C15H18F3NO2S. The quantitative estimate of drug-likeness (QED) is 0.850. The lowest BCUT2D eigenvalue weighted by atomic mass is 9.94. The van der Waals surface area contributed by atoms with E-state index in [2.05, 4.69) is 0 Å². The summed E-state index contributed by atoms with van der Waals surface area (Å²) >= 11 is 0. The van der Waals surface area contributed by atoms with Gasteiger partial charge in [0.1, 0.15) is 9.84 Å². The van der Waals surface area contributed by atoms with Crippen LogP contribution in [0.1, 0.15) is 17.5 Å². The van der Waals surface area contributed by atoms with Crippen LogP contribution in [0, 0.1) is 0 Å². The summed E-state index contributed by atoms with van der Waals surface area (Å²) in [5, 5.41) is 0. The highest BCUT2D eigenvalue weighted by molar-refractivity contribution is 7.90. The molecule has 0 aromatic heterocycles. The highest BCUT2D eigenvalue weighted by Gasteiger charge is 2.34. The standard InChI is InChI=1S/C15H18F3NO2S/c1-22(20,21)11-10-19-8-6-12(7-9-19)13-4-2-3-5-14(13)15(16,17)18/h2-6H,7-11H2,1H3. The van der Waals surface area contributed by atoms with Gasteiger partial charge in [0.05, 0.1) is 11.3 Å². The van der Waals surface area contributed by atoms with Crippen LogP contribution in [-0.4, -0.2) is 45.0 Å². The number of sulfone groups is 1. The molecule has 1 aromatic rings. The van der Waals surface area contributed by atoms with Crippen molar-refractivity contribution < 1.29 is 21.6 Å². The van der Waals surface area contributed by atoms with Crippen molar-refractivity contribution in [2.45, 2.75) is 12.6 Å². The molecule has 2 rings (SSSR count). The van der Waals surface area contributed by atoms with E-state index in [0.717, 1.165) is 6.07 Å². The average molecular weight is 333 g/mol. The molecule has 7 heteroatoms. The van der Waals surface area contributed by atoms with Crippen molar-refractivity contribution in [3.63, 3.8) is 0 Å². The van der Waals surface area contributed by atoms with Crippen LogP contribution in [0.25, 0.3) is 5.57 Å². The monoisotopic (exact) mass is 333 g/mol. The second kappa shape index (κ2) is 6.42. The van der Waals surface area contributed by atoms with E-state index < -0.39 is 21.6 Å². The van der Waals surface area contributed by atoms with Gasteiger partial charge in [0.25, 0.3) is 0 Å². The Morgan fingerprint density at radius 3 is 2.45 bits per heavy atom. The van der Waals surface area contributed by atoms with Gasteiger partial charge in [0.2, 0.25) is 0 Å². The Labute approximate surface area is 128 Å². The summed E-state index contributed by atoms with van der Waals surface area (Å²) in [6, 6.07) is 5.56. The Morgan fingerprint density at radius 2 is 1.91 bits per heavy atom. The van der Waals surface area contributed by atoms with Gasteiger partial charge >= 0.3 is 6.18 Å². The zero-order chi connectivity index (χ0) is 16.4. The lowest BCUT2D eigenvalue weighted by Crippen LogP contribution is -2.33. The molecule has 22 heavy (non-hydrogen) atoms. The van der Waals surface area contributed by atoms with Crippen molar-refractivity contribution in [3.8, 4) is 0 Å². The van der Waals surface area contributed by atoms with Gasteiger partial charge in [-0.1, -0.05) is 24.3 Å². The molecule has 0 atom stereocenters. The van der Waals surface area contributed by atoms with Crippen LogP contribution in [0.5, 0.6) is 0 Å². The summed E-state index contributed by atoms with van der Waals surface area (Å²) in [5.74, 6) is 0.0648. The van der Waals surface area contributed by atoms with Crippen LogP contribution in [-0.2, 0) is 16.0 Å². The minimum Gasteiger partial charge on any atom is -0.298 e. The van der Waals surface area contributed by atoms with Gasteiger partial charge in [-0.05, 0) is 23.6 Å². The third-order valence-corrected chi connectivity index (χ3v) is 4.57. The number of nitrogens with zero attached hydrogens (tertiary/aromatic N) is 1. The first-order valence-electron chi connectivity index (χ1n) is 6.92. The van der Waals surface area contributed by atoms with Gasteiger partial charge in [-0.2, -0.15) is 13.2 Å². The third-order valence-electron chi connectivity index (χ3n) is 3.65. The molecule has 1 aliphatic heterocycles. The molecule has 1 aliphatic rings. The van der Waals surface area contributed by atoms with Crippen molar-refractivity contribution >= 4 is 15.4 Å². The molecule has 0 saturated heterocycles. The lowest BCUT2D eigenvalue weighted by Gasteiger charge is -2.27. The molecule has 0 amide bonds. The van der Waals surface area contributed by atoms with Crippen LogP contribution in [0.2, 0.25) is 0 Å². The van der Waals surface area contributed by atoms with Gasteiger partial charge < -0.3 is 0 Å². The fraction of sp³-hybridized carbons (Fsp3) is 0.467. The second-order valence-corrected chi connectivity index (χ2v) is 7.71. The van der Waals surface area contributed by atoms with Crippen LogP contribution in [0.4, 0.5) is 13.2 Å². The van der Waals surface area contributed by atoms with E-state index >= 15 is 0 Å². The van der Waals surface area contributed by atoms with Gasteiger partial charge in [0, 0.05) is 25.9 Å². The molecule has 0 spiro atoms. The predicted molar refractivity (Wildman–Crippen MR) is 80.2 cm³/mol. The number of hydrogen-bond acceptors (Lipinski definition) is 3. The highest BCUT2D eigenvalue weighted by atomic mass is 32.2. The minimum absolute atomic E-state index is 0.0648. The lowest BCUT2D eigenvalue weighted by molar-refractivity contribution is -0.137. The van der Waals surface area contributed by atoms with Crippen LogP contribution < -0.4 is 0 Å². The Hall–Kier alpha value is -1.34. The molecule has 0 N–H and O–H groups in total. The van der Waals surface area contributed by atoms with Crippen molar-refractivity contribution in [3.05, 3.63) is 41.5 Å². The summed E-state index contributed by atoms with van der Waals surface area (Å²) in [7, 11) is -3.03. The second-order valence-electron chi connectivity index (χ2n) is 5.45. The van der Waals surface area contributed by atoms with E-state index in [0.29, 0.717) is 31.6 Å². The van der Waals surface area contributed by atoms with Crippen molar-refractivity contribution in [2.24, 2.45) is 0 Å². The molecule has 0 saturated carbocycles. The SMILES string of the molecule is CS(=O)(=O)CCN1CC=C(c2ccccc2C(F)(F)F)CC1.